The molecule has 0 radical (unpaired) electrons. The Labute approximate surface area is 195 Å². The average Bonchev–Trinajstić information content (AvgIpc) is 2.78. The lowest BCUT2D eigenvalue weighted by atomic mass is 10.1. The molecule has 3 rings (SSSR count). The van der Waals surface area contributed by atoms with Crippen LogP contribution in [0.2, 0.25) is 10.0 Å². The zero-order valence-corrected chi connectivity index (χ0v) is 19.5. The number of aromatic nitrogens is 1. The molecule has 1 amide bonds. The molecule has 0 bridgehead atoms. The minimum Gasteiger partial charge on any atom is -0.458 e. The minimum atomic E-state index is -0.809. The van der Waals surface area contributed by atoms with Gasteiger partial charge in [-0.05, 0) is 49.1 Å². The maximum absolute atomic E-state index is 12.8. The maximum Gasteiger partial charge on any atom is 0.329 e. The summed E-state index contributed by atoms with van der Waals surface area (Å²) in [7, 11) is 0. The van der Waals surface area contributed by atoms with Crippen molar-refractivity contribution in [1.29, 1.82) is 0 Å². The van der Waals surface area contributed by atoms with E-state index in [1.165, 1.54) is 0 Å². The molecule has 2 aromatic carbocycles. The van der Waals surface area contributed by atoms with Crippen molar-refractivity contribution >= 4 is 57.7 Å². The Morgan fingerprint density at radius 3 is 2.58 bits per heavy atom. The van der Waals surface area contributed by atoms with Crippen LogP contribution < -0.4 is 5.32 Å². The molecule has 1 aromatic heterocycles. The van der Waals surface area contributed by atoms with Crippen LogP contribution in [-0.2, 0) is 16.1 Å². The number of para-hydroxylation sites is 1. The van der Waals surface area contributed by atoms with Crippen molar-refractivity contribution in [3.05, 3.63) is 75.4 Å². The monoisotopic (exact) mass is 476 g/mol. The number of carbonyl (C=O) groups is 2. The van der Waals surface area contributed by atoms with Crippen LogP contribution in [0.4, 0.5) is 0 Å². The van der Waals surface area contributed by atoms with Crippen molar-refractivity contribution in [3.63, 3.8) is 0 Å². The van der Waals surface area contributed by atoms with Crippen LogP contribution in [0, 0.1) is 6.92 Å². The number of esters is 1. The lowest BCUT2D eigenvalue weighted by Crippen LogP contribution is -2.42. The van der Waals surface area contributed by atoms with E-state index in [4.69, 9.17) is 27.9 Å². The quantitative estimate of drug-likeness (QED) is 0.438. The number of hydrogen-bond donors (Lipinski definition) is 1. The number of pyridine rings is 1. The topological polar surface area (TPSA) is 68.3 Å². The van der Waals surface area contributed by atoms with Gasteiger partial charge in [-0.1, -0.05) is 53.5 Å². The predicted octanol–water partition coefficient (Wildman–Crippen LogP) is 5.44. The number of carbonyl (C=O) groups excluding carboxylic acids is 2. The van der Waals surface area contributed by atoms with E-state index in [1.54, 1.807) is 36.0 Å². The molecule has 0 saturated heterocycles. The van der Waals surface area contributed by atoms with Gasteiger partial charge in [0.25, 0.3) is 5.91 Å². The lowest BCUT2D eigenvalue weighted by Gasteiger charge is -2.18. The Kier molecular flexibility index (Phi) is 8.18. The lowest BCUT2D eigenvalue weighted by molar-refractivity contribution is -0.147. The first-order valence-corrected chi connectivity index (χ1v) is 11.8. The fraction of sp³-hybridized carbons (Fsp3) is 0.261. The van der Waals surface area contributed by atoms with Crippen LogP contribution in [0.1, 0.15) is 28.0 Å². The number of rotatable bonds is 8. The molecule has 0 aliphatic heterocycles. The van der Waals surface area contributed by atoms with Crippen LogP contribution >= 0.6 is 35.0 Å². The average molecular weight is 477 g/mol. The van der Waals surface area contributed by atoms with Crippen LogP contribution in [0.25, 0.3) is 10.9 Å². The van der Waals surface area contributed by atoms with Gasteiger partial charge in [0, 0.05) is 5.39 Å². The summed E-state index contributed by atoms with van der Waals surface area (Å²) < 4.78 is 5.50. The minimum absolute atomic E-state index is 0.0823. The first-order valence-electron chi connectivity index (χ1n) is 9.67. The Morgan fingerprint density at radius 1 is 1.13 bits per heavy atom. The molecule has 1 N–H and O–H groups in total. The zero-order chi connectivity index (χ0) is 22.4. The molecule has 0 aliphatic carbocycles. The van der Waals surface area contributed by atoms with E-state index in [0.717, 1.165) is 16.5 Å². The molecule has 0 fully saturated rings. The fourth-order valence-corrected chi connectivity index (χ4v) is 4.01. The highest BCUT2D eigenvalue weighted by Crippen LogP contribution is 2.27. The SMILES string of the molecule is CSCCC(NC(=O)c1ccccc1Cl)C(=O)OCc1nc2ccccc2c(C)c1Cl. The standard InChI is InChI=1S/C23H22Cl2N2O3S/c1-14-15-7-4-6-10-18(15)26-20(21(14)25)13-30-23(29)19(11-12-31-2)27-22(28)16-8-3-5-9-17(16)24/h3-10,19H,11-13H2,1-2H3,(H,27,28). The number of aryl methyl sites for hydroxylation is 1. The van der Waals surface area contributed by atoms with E-state index in [2.05, 4.69) is 10.3 Å². The normalized spacial score (nSPS) is 11.9. The summed E-state index contributed by atoms with van der Waals surface area (Å²) in [5.41, 5.74) is 2.44. The van der Waals surface area contributed by atoms with E-state index in [-0.39, 0.29) is 6.61 Å². The van der Waals surface area contributed by atoms with Crippen molar-refractivity contribution in [3.8, 4) is 0 Å². The molecule has 0 saturated carbocycles. The van der Waals surface area contributed by atoms with Crippen LogP contribution in [0.5, 0.6) is 0 Å². The highest BCUT2D eigenvalue weighted by molar-refractivity contribution is 7.98. The molecule has 31 heavy (non-hydrogen) atoms. The summed E-state index contributed by atoms with van der Waals surface area (Å²) >= 11 is 14.1. The van der Waals surface area contributed by atoms with Gasteiger partial charge in [0.15, 0.2) is 0 Å². The van der Waals surface area contributed by atoms with Crippen LogP contribution in [0.15, 0.2) is 48.5 Å². The van der Waals surface area contributed by atoms with Gasteiger partial charge in [0.1, 0.15) is 12.6 Å². The van der Waals surface area contributed by atoms with Gasteiger partial charge < -0.3 is 10.1 Å². The van der Waals surface area contributed by atoms with Gasteiger partial charge in [-0.2, -0.15) is 11.8 Å². The highest BCUT2D eigenvalue weighted by Gasteiger charge is 2.24. The number of nitrogens with zero attached hydrogens (tertiary/aromatic N) is 1. The first-order chi connectivity index (χ1) is 14.9. The number of halogens is 2. The summed E-state index contributed by atoms with van der Waals surface area (Å²) in [6.45, 7) is 1.82. The summed E-state index contributed by atoms with van der Waals surface area (Å²) in [6.07, 6.45) is 2.36. The second-order valence-corrected chi connectivity index (χ2v) is 8.68. The number of thioether (sulfide) groups is 1. The molecule has 1 heterocycles. The Morgan fingerprint density at radius 2 is 1.84 bits per heavy atom. The third-order valence-corrected chi connectivity index (χ3v) is 6.29. The molecule has 1 unspecified atom stereocenters. The predicted molar refractivity (Wildman–Crippen MR) is 127 cm³/mol. The summed E-state index contributed by atoms with van der Waals surface area (Å²) in [5, 5.41) is 4.47. The maximum atomic E-state index is 12.8. The molecular weight excluding hydrogens is 455 g/mol. The first kappa shape index (κ1) is 23.4. The van der Waals surface area contributed by atoms with Crippen LogP contribution in [0.3, 0.4) is 0 Å². The van der Waals surface area contributed by atoms with E-state index in [9.17, 15) is 9.59 Å². The van der Waals surface area contributed by atoms with Gasteiger partial charge in [0.2, 0.25) is 0 Å². The van der Waals surface area contributed by atoms with Gasteiger partial charge in [-0.3, -0.25) is 4.79 Å². The van der Waals surface area contributed by atoms with E-state index in [1.807, 2.05) is 37.4 Å². The van der Waals surface area contributed by atoms with Gasteiger partial charge in [-0.25, -0.2) is 9.78 Å². The molecular formula is C23H22Cl2N2O3S. The van der Waals surface area contributed by atoms with Crippen molar-refractivity contribution < 1.29 is 14.3 Å². The molecule has 8 heteroatoms. The van der Waals surface area contributed by atoms with Gasteiger partial charge in [-0.15, -0.1) is 0 Å². The number of amides is 1. The summed E-state index contributed by atoms with van der Waals surface area (Å²) in [4.78, 5) is 29.9. The van der Waals surface area contributed by atoms with Gasteiger partial charge >= 0.3 is 5.97 Å². The number of fused-ring (bicyclic) bond motifs is 1. The van der Waals surface area contributed by atoms with Crippen molar-refractivity contribution in [2.45, 2.75) is 26.0 Å². The smallest absolute Gasteiger partial charge is 0.329 e. The molecule has 0 spiro atoms. The molecule has 162 valence electrons. The van der Waals surface area contributed by atoms with E-state index >= 15 is 0 Å². The molecule has 5 nitrogen and oxygen atoms in total. The second-order valence-electron chi connectivity index (χ2n) is 6.91. The van der Waals surface area contributed by atoms with Crippen LogP contribution in [-0.4, -0.2) is 34.9 Å². The largest absolute Gasteiger partial charge is 0.458 e. The summed E-state index contributed by atoms with van der Waals surface area (Å²) in [6, 6.07) is 13.5. The highest BCUT2D eigenvalue weighted by atomic mass is 35.5. The Hall–Kier alpha value is -2.28. The number of nitrogens with one attached hydrogen (secondary N) is 1. The van der Waals surface area contributed by atoms with Crippen molar-refractivity contribution in [2.75, 3.05) is 12.0 Å². The third-order valence-electron chi connectivity index (χ3n) is 4.82. The van der Waals surface area contributed by atoms with E-state index in [0.29, 0.717) is 33.5 Å². The van der Waals surface area contributed by atoms with Crippen molar-refractivity contribution in [1.82, 2.24) is 10.3 Å². The summed E-state index contributed by atoms with van der Waals surface area (Å²) in [5.74, 6) is -0.291. The Bertz CT molecular complexity index is 1110. The second kappa shape index (κ2) is 10.8. The number of benzene rings is 2. The molecule has 0 aliphatic rings. The number of ether oxygens (including phenoxy) is 1. The zero-order valence-electron chi connectivity index (χ0n) is 17.2. The van der Waals surface area contributed by atoms with Crippen molar-refractivity contribution in [2.24, 2.45) is 0 Å². The third kappa shape index (κ3) is 5.70. The molecule has 1 atom stereocenters. The number of hydrogen-bond acceptors (Lipinski definition) is 5. The molecule has 3 aromatic rings. The van der Waals surface area contributed by atoms with E-state index < -0.39 is 17.9 Å². The van der Waals surface area contributed by atoms with Gasteiger partial charge in [0.05, 0.1) is 26.8 Å². The Balaban J connectivity index is 1.74. The fourth-order valence-electron chi connectivity index (χ4n) is 3.12.